The molecule has 0 spiro atoms. The van der Waals surface area contributed by atoms with Gasteiger partial charge >= 0.3 is 0 Å². The molecule has 100 valence electrons. The average molecular weight is 263 g/mol. The van der Waals surface area contributed by atoms with Crippen LogP contribution in [0.2, 0.25) is 0 Å². The smallest absolute Gasteiger partial charge is 0.234 e. The monoisotopic (exact) mass is 263 g/mol. The Labute approximate surface area is 102 Å². The largest absolute Gasteiger partial charge is 0.351 e. The first-order chi connectivity index (χ1) is 7.93. The molecular formula is C10H21N3O3S. The van der Waals surface area contributed by atoms with Crippen molar-refractivity contribution in [1.82, 2.24) is 10.2 Å². The summed E-state index contributed by atoms with van der Waals surface area (Å²) >= 11 is 0. The second-order valence-corrected chi connectivity index (χ2v) is 6.78. The second-order valence-electron chi connectivity index (χ2n) is 4.55. The van der Waals surface area contributed by atoms with Gasteiger partial charge in [0.2, 0.25) is 5.91 Å². The normalized spacial score (nSPS) is 22.9. The zero-order valence-corrected chi connectivity index (χ0v) is 11.0. The minimum absolute atomic E-state index is 0.0747. The molecule has 1 unspecified atom stereocenters. The number of carbonyl (C=O) groups excluding carboxylic acids is 1. The number of hydrogen-bond acceptors (Lipinski definition) is 5. The van der Waals surface area contributed by atoms with Crippen LogP contribution < -0.4 is 11.1 Å². The molecule has 1 fully saturated rings. The molecule has 7 heteroatoms. The van der Waals surface area contributed by atoms with E-state index in [0.29, 0.717) is 13.0 Å². The third kappa shape index (κ3) is 5.47. The Morgan fingerprint density at radius 3 is 2.76 bits per heavy atom. The van der Waals surface area contributed by atoms with E-state index in [0.717, 1.165) is 13.0 Å². The molecule has 0 bridgehead atoms. The molecule has 1 saturated heterocycles. The highest BCUT2D eigenvalue weighted by atomic mass is 32.2. The molecule has 0 aromatic rings. The van der Waals surface area contributed by atoms with Crippen LogP contribution in [0, 0.1) is 0 Å². The van der Waals surface area contributed by atoms with Crippen molar-refractivity contribution in [2.45, 2.75) is 18.9 Å². The van der Waals surface area contributed by atoms with Gasteiger partial charge in [0.05, 0.1) is 18.1 Å². The van der Waals surface area contributed by atoms with E-state index in [-0.39, 0.29) is 30.0 Å². The lowest BCUT2D eigenvalue weighted by Crippen LogP contribution is -2.41. The van der Waals surface area contributed by atoms with Gasteiger partial charge < -0.3 is 11.1 Å². The van der Waals surface area contributed by atoms with Gasteiger partial charge in [-0.2, -0.15) is 0 Å². The number of carbonyl (C=O) groups is 1. The van der Waals surface area contributed by atoms with Crippen molar-refractivity contribution in [3.63, 3.8) is 0 Å². The Bertz CT molecular complexity index is 356. The maximum atomic E-state index is 11.6. The molecule has 17 heavy (non-hydrogen) atoms. The number of amides is 1. The SMILES string of the molecule is CN(CCCN)CC(=O)NC1CCS(=O)(=O)C1. The number of nitrogens with one attached hydrogen (secondary N) is 1. The van der Waals surface area contributed by atoms with Gasteiger partial charge in [0, 0.05) is 6.04 Å². The number of nitrogens with two attached hydrogens (primary N) is 1. The predicted octanol–water partition coefficient (Wildman–Crippen LogP) is -1.43. The van der Waals surface area contributed by atoms with Gasteiger partial charge in [-0.3, -0.25) is 9.69 Å². The second kappa shape index (κ2) is 6.32. The van der Waals surface area contributed by atoms with Crippen LogP contribution in [0.3, 0.4) is 0 Å². The molecule has 3 N–H and O–H groups in total. The van der Waals surface area contributed by atoms with Crippen molar-refractivity contribution in [2.75, 3.05) is 38.2 Å². The summed E-state index contributed by atoms with van der Waals surface area (Å²) in [7, 11) is -1.08. The van der Waals surface area contributed by atoms with E-state index >= 15 is 0 Å². The first-order valence-electron chi connectivity index (χ1n) is 5.81. The van der Waals surface area contributed by atoms with Crippen LogP contribution in [0.25, 0.3) is 0 Å². The summed E-state index contributed by atoms with van der Waals surface area (Å²) < 4.78 is 22.4. The minimum atomic E-state index is -2.93. The lowest BCUT2D eigenvalue weighted by molar-refractivity contribution is -0.122. The van der Waals surface area contributed by atoms with E-state index in [4.69, 9.17) is 5.73 Å². The quantitative estimate of drug-likeness (QED) is 0.613. The van der Waals surface area contributed by atoms with E-state index in [1.165, 1.54) is 0 Å². The van der Waals surface area contributed by atoms with E-state index in [9.17, 15) is 13.2 Å². The van der Waals surface area contributed by atoms with Crippen LogP contribution in [-0.2, 0) is 14.6 Å². The van der Waals surface area contributed by atoms with Gasteiger partial charge in [0.1, 0.15) is 0 Å². The zero-order chi connectivity index (χ0) is 12.9. The lowest BCUT2D eigenvalue weighted by atomic mass is 10.2. The van der Waals surface area contributed by atoms with Crippen molar-refractivity contribution in [3.05, 3.63) is 0 Å². The topological polar surface area (TPSA) is 92.5 Å². The Kier molecular flexibility index (Phi) is 5.35. The summed E-state index contributed by atoms with van der Waals surface area (Å²) in [5.74, 6) is 0.137. The molecule has 1 aliphatic rings. The summed E-state index contributed by atoms with van der Waals surface area (Å²) in [6.07, 6.45) is 1.38. The third-order valence-corrected chi connectivity index (χ3v) is 4.52. The zero-order valence-electron chi connectivity index (χ0n) is 10.2. The van der Waals surface area contributed by atoms with Gasteiger partial charge in [-0.15, -0.1) is 0 Å². The standard InChI is InChI=1S/C10H21N3O3S/c1-13(5-2-4-11)7-10(14)12-9-3-6-17(15,16)8-9/h9H,2-8,11H2,1H3,(H,12,14). The first-order valence-corrected chi connectivity index (χ1v) is 7.63. The van der Waals surface area contributed by atoms with Gasteiger partial charge in [0.25, 0.3) is 0 Å². The first kappa shape index (κ1) is 14.4. The Hall–Kier alpha value is -0.660. The summed E-state index contributed by atoms with van der Waals surface area (Å²) in [6, 6.07) is -0.213. The molecule has 1 heterocycles. The van der Waals surface area contributed by atoms with E-state index in [2.05, 4.69) is 5.32 Å². The molecule has 0 radical (unpaired) electrons. The van der Waals surface area contributed by atoms with Crippen LogP contribution >= 0.6 is 0 Å². The highest BCUT2D eigenvalue weighted by Gasteiger charge is 2.28. The molecule has 6 nitrogen and oxygen atoms in total. The fourth-order valence-corrected chi connectivity index (χ4v) is 3.54. The van der Waals surface area contributed by atoms with Gasteiger partial charge in [-0.1, -0.05) is 0 Å². The summed E-state index contributed by atoms with van der Waals surface area (Å²) in [4.78, 5) is 13.5. The van der Waals surface area contributed by atoms with Crippen molar-refractivity contribution >= 4 is 15.7 Å². The van der Waals surface area contributed by atoms with Gasteiger partial charge in [-0.25, -0.2) is 8.42 Å². The molecule has 1 atom stereocenters. The van der Waals surface area contributed by atoms with Crippen molar-refractivity contribution < 1.29 is 13.2 Å². The van der Waals surface area contributed by atoms with E-state index in [1.807, 2.05) is 11.9 Å². The Morgan fingerprint density at radius 1 is 1.53 bits per heavy atom. The van der Waals surface area contributed by atoms with Crippen molar-refractivity contribution in [2.24, 2.45) is 5.73 Å². The summed E-state index contributed by atoms with van der Waals surface area (Å²) in [5, 5.41) is 2.75. The van der Waals surface area contributed by atoms with E-state index in [1.54, 1.807) is 0 Å². The number of rotatable bonds is 6. The van der Waals surface area contributed by atoms with Crippen LogP contribution in [0.15, 0.2) is 0 Å². The molecule has 0 aliphatic carbocycles. The molecular weight excluding hydrogens is 242 g/mol. The highest BCUT2D eigenvalue weighted by Crippen LogP contribution is 2.10. The van der Waals surface area contributed by atoms with E-state index < -0.39 is 9.84 Å². The number of hydrogen-bond donors (Lipinski definition) is 2. The summed E-state index contributed by atoms with van der Waals surface area (Å²) in [6.45, 7) is 1.66. The molecule has 0 aromatic carbocycles. The number of likely N-dealkylation sites (N-methyl/N-ethyl adjacent to an activating group) is 1. The Morgan fingerprint density at radius 2 is 2.24 bits per heavy atom. The molecule has 0 saturated carbocycles. The van der Waals surface area contributed by atoms with Crippen LogP contribution in [0.1, 0.15) is 12.8 Å². The van der Waals surface area contributed by atoms with Gasteiger partial charge in [0.15, 0.2) is 9.84 Å². The average Bonchev–Trinajstić information content (AvgIpc) is 2.54. The predicted molar refractivity (Wildman–Crippen MR) is 66.4 cm³/mol. The lowest BCUT2D eigenvalue weighted by Gasteiger charge is -2.17. The van der Waals surface area contributed by atoms with Crippen molar-refractivity contribution in [3.8, 4) is 0 Å². The molecule has 1 aliphatic heterocycles. The molecule has 0 aromatic heterocycles. The van der Waals surface area contributed by atoms with Crippen LogP contribution in [0.4, 0.5) is 0 Å². The van der Waals surface area contributed by atoms with Crippen molar-refractivity contribution in [1.29, 1.82) is 0 Å². The molecule has 1 rings (SSSR count). The minimum Gasteiger partial charge on any atom is -0.351 e. The maximum Gasteiger partial charge on any atom is 0.234 e. The highest BCUT2D eigenvalue weighted by molar-refractivity contribution is 7.91. The fraction of sp³-hybridized carbons (Fsp3) is 0.900. The Balaban J connectivity index is 2.26. The summed E-state index contributed by atoms with van der Waals surface area (Å²) in [5.41, 5.74) is 5.38. The van der Waals surface area contributed by atoms with Gasteiger partial charge in [-0.05, 0) is 33.0 Å². The van der Waals surface area contributed by atoms with Crippen LogP contribution in [-0.4, -0.2) is 63.5 Å². The fourth-order valence-electron chi connectivity index (χ4n) is 1.87. The number of nitrogens with zero attached hydrogens (tertiary/aromatic N) is 1. The number of sulfone groups is 1. The third-order valence-electron chi connectivity index (χ3n) is 2.76. The van der Waals surface area contributed by atoms with Crippen LogP contribution in [0.5, 0.6) is 0 Å². The maximum absolute atomic E-state index is 11.6. The molecule has 1 amide bonds.